The van der Waals surface area contributed by atoms with Crippen LogP contribution in [-0.4, -0.2) is 43.9 Å². The average Bonchev–Trinajstić information content (AvgIpc) is 2.59. The summed E-state index contributed by atoms with van der Waals surface area (Å²) in [7, 11) is 0. The monoisotopic (exact) mass is 349 g/mol. The molecule has 5 heteroatoms. The molecular weight excluding hydrogens is 314 g/mol. The minimum Gasteiger partial charge on any atom is -0.396 e. The summed E-state index contributed by atoms with van der Waals surface area (Å²) in [5, 5.41) is 15.8. The summed E-state index contributed by atoms with van der Waals surface area (Å²) in [5.74, 6) is 1.86. The SMILES string of the molecule is CCNC(=NCC(CCO)CC(C)C)NCCOCc1ccccc1. The van der Waals surface area contributed by atoms with Crippen molar-refractivity contribution in [3.8, 4) is 0 Å². The maximum atomic E-state index is 9.22. The Hall–Kier alpha value is -1.59. The van der Waals surface area contributed by atoms with E-state index in [0.29, 0.717) is 31.6 Å². The molecule has 1 aromatic rings. The van der Waals surface area contributed by atoms with Gasteiger partial charge in [0.15, 0.2) is 5.96 Å². The van der Waals surface area contributed by atoms with Crippen molar-refractivity contribution >= 4 is 5.96 Å². The molecule has 25 heavy (non-hydrogen) atoms. The van der Waals surface area contributed by atoms with Crippen molar-refractivity contribution in [2.45, 2.75) is 40.2 Å². The number of aliphatic imine (C=N–C) groups is 1. The number of nitrogens with one attached hydrogen (secondary N) is 2. The first-order valence-corrected chi connectivity index (χ1v) is 9.40. The highest BCUT2D eigenvalue weighted by Crippen LogP contribution is 2.15. The molecule has 0 spiro atoms. The molecule has 1 unspecified atom stereocenters. The highest BCUT2D eigenvalue weighted by Gasteiger charge is 2.10. The fraction of sp³-hybridized carbons (Fsp3) is 0.650. The normalized spacial score (nSPS) is 13.1. The van der Waals surface area contributed by atoms with Gasteiger partial charge in [-0.1, -0.05) is 44.2 Å². The molecule has 0 radical (unpaired) electrons. The van der Waals surface area contributed by atoms with Gasteiger partial charge in [0.25, 0.3) is 0 Å². The molecule has 1 atom stereocenters. The van der Waals surface area contributed by atoms with Gasteiger partial charge in [-0.05, 0) is 37.2 Å². The number of nitrogens with zero attached hydrogens (tertiary/aromatic N) is 1. The Labute approximate surface area is 152 Å². The zero-order valence-electron chi connectivity index (χ0n) is 16.0. The van der Waals surface area contributed by atoms with Gasteiger partial charge in [0.2, 0.25) is 0 Å². The van der Waals surface area contributed by atoms with Crippen LogP contribution in [0.2, 0.25) is 0 Å². The van der Waals surface area contributed by atoms with E-state index in [-0.39, 0.29) is 6.61 Å². The molecule has 0 fully saturated rings. The first kappa shape index (κ1) is 21.5. The number of guanidine groups is 1. The van der Waals surface area contributed by atoms with Crippen molar-refractivity contribution in [2.75, 3.05) is 32.8 Å². The average molecular weight is 350 g/mol. The van der Waals surface area contributed by atoms with Gasteiger partial charge in [-0.15, -0.1) is 0 Å². The Morgan fingerprint density at radius 1 is 1.20 bits per heavy atom. The number of rotatable bonds is 12. The second-order valence-corrected chi connectivity index (χ2v) is 6.69. The molecule has 0 heterocycles. The van der Waals surface area contributed by atoms with Crippen molar-refractivity contribution in [1.29, 1.82) is 0 Å². The van der Waals surface area contributed by atoms with E-state index in [0.717, 1.165) is 31.9 Å². The first-order valence-electron chi connectivity index (χ1n) is 9.40. The molecule has 0 aliphatic rings. The van der Waals surface area contributed by atoms with E-state index in [9.17, 15) is 5.11 Å². The zero-order valence-corrected chi connectivity index (χ0v) is 16.0. The molecule has 3 N–H and O–H groups in total. The van der Waals surface area contributed by atoms with Crippen molar-refractivity contribution < 1.29 is 9.84 Å². The van der Waals surface area contributed by atoms with Crippen LogP contribution in [0.5, 0.6) is 0 Å². The molecule has 0 bridgehead atoms. The lowest BCUT2D eigenvalue weighted by Crippen LogP contribution is -2.39. The van der Waals surface area contributed by atoms with Gasteiger partial charge in [0.1, 0.15) is 0 Å². The van der Waals surface area contributed by atoms with Crippen LogP contribution in [0, 0.1) is 11.8 Å². The Kier molecular flexibility index (Phi) is 11.7. The lowest BCUT2D eigenvalue weighted by atomic mass is 9.94. The molecular formula is C20H35N3O2. The number of benzene rings is 1. The molecule has 0 saturated heterocycles. The molecule has 0 aliphatic carbocycles. The smallest absolute Gasteiger partial charge is 0.191 e. The predicted octanol–water partition coefficient (Wildman–Crippen LogP) is 2.80. The lowest BCUT2D eigenvalue weighted by molar-refractivity contribution is 0.125. The summed E-state index contributed by atoms with van der Waals surface area (Å²) in [6.07, 6.45) is 1.89. The summed E-state index contributed by atoms with van der Waals surface area (Å²) in [6, 6.07) is 10.2. The number of ether oxygens (including phenoxy) is 1. The third-order valence-electron chi connectivity index (χ3n) is 3.84. The van der Waals surface area contributed by atoms with Crippen LogP contribution in [-0.2, 0) is 11.3 Å². The minimum absolute atomic E-state index is 0.226. The highest BCUT2D eigenvalue weighted by atomic mass is 16.5. The first-order chi connectivity index (χ1) is 12.2. The standard InChI is InChI=1S/C20H35N3O2/c1-4-21-20(23-15-19(10-12-24)14-17(2)3)22-11-13-25-16-18-8-6-5-7-9-18/h5-9,17,19,24H,4,10-16H2,1-3H3,(H2,21,22,23). The van der Waals surface area contributed by atoms with Gasteiger partial charge in [-0.25, -0.2) is 0 Å². The Bertz CT molecular complexity index is 463. The molecule has 0 aromatic heterocycles. The molecule has 142 valence electrons. The van der Waals surface area contributed by atoms with Gasteiger partial charge < -0.3 is 20.5 Å². The van der Waals surface area contributed by atoms with Crippen LogP contribution in [0.4, 0.5) is 0 Å². The number of hydrogen-bond acceptors (Lipinski definition) is 3. The number of aliphatic hydroxyl groups excluding tert-OH is 1. The highest BCUT2D eigenvalue weighted by molar-refractivity contribution is 5.79. The third kappa shape index (κ3) is 10.8. The maximum Gasteiger partial charge on any atom is 0.191 e. The number of hydrogen-bond donors (Lipinski definition) is 3. The Balaban J connectivity index is 2.33. The quantitative estimate of drug-likeness (QED) is 0.308. The van der Waals surface area contributed by atoms with Gasteiger partial charge in [0, 0.05) is 26.2 Å². The molecule has 0 saturated carbocycles. The van der Waals surface area contributed by atoms with Crippen molar-refractivity contribution in [3.05, 3.63) is 35.9 Å². The van der Waals surface area contributed by atoms with E-state index < -0.39 is 0 Å². The van der Waals surface area contributed by atoms with Crippen LogP contribution in [0.1, 0.15) is 39.2 Å². The molecule has 5 nitrogen and oxygen atoms in total. The van der Waals surface area contributed by atoms with Crippen LogP contribution < -0.4 is 10.6 Å². The molecule has 1 aromatic carbocycles. The van der Waals surface area contributed by atoms with Gasteiger partial charge >= 0.3 is 0 Å². The zero-order chi connectivity index (χ0) is 18.3. The van der Waals surface area contributed by atoms with Crippen LogP contribution in [0.15, 0.2) is 35.3 Å². The van der Waals surface area contributed by atoms with Crippen LogP contribution in [0.3, 0.4) is 0 Å². The van der Waals surface area contributed by atoms with Crippen molar-refractivity contribution in [2.24, 2.45) is 16.8 Å². The fourth-order valence-electron chi connectivity index (χ4n) is 2.70. The minimum atomic E-state index is 0.226. The van der Waals surface area contributed by atoms with E-state index in [4.69, 9.17) is 4.74 Å². The topological polar surface area (TPSA) is 65.9 Å². The lowest BCUT2D eigenvalue weighted by Gasteiger charge is -2.17. The summed E-state index contributed by atoms with van der Waals surface area (Å²) < 4.78 is 5.69. The number of aliphatic hydroxyl groups is 1. The predicted molar refractivity (Wildman–Crippen MR) is 105 cm³/mol. The largest absolute Gasteiger partial charge is 0.396 e. The summed E-state index contributed by atoms with van der Waals surface area (Å²) in [6.45, 7) is 10.2. The van der Waals surface area contributed by atoms with Crippen LogP contribution in [0.25, 0.3) is 0 Å². The Morgan fingerprint density at radius 3 is 2.60 bits per heavy atom. The van der Waals surface area contributed by atoms with E-state index in [1.807, 2.05) is 18.2 Å². The van der Waals surface area contributed by atoms with Gasteiger partial charge in [0.05, 0.1) is 13.2 Å². The molecule has 1 rings (SSSR count). The third-order valence-corrected chi connectivity index (χ3v) is 3.84. The van der Waals surface area contributed by atoms with E-state index in [2.05, 4.69) is 48.5 Å². The van der Waals surface area contributed by atoms with E-state index in [1.54, 1.807) is 0 Å². The maximum absolute atomic E-state index is 9.22. The molecule has 0 amide bonds. The molecule has 0 aliphatic heterocycles. The second kappa shape index (κ2) is 13.7. The fourth-order valence-corrected chi connectivity index (χ4v) is 2.70. The van der Waals surface area contributed by atoms with Crippen molar-refractivity contribution in [3.63, 3.8) is 0 Å². The Morgan fingerprint density at radius 2 is 1.96 bits per heavy atom. The summed E-state index contributed by atoms with van der Waals surface area (Å²) in [5.41, 5.74) is 1.18. The summed E-state index contributed by atoms with van der Waals surface area (Å²) >= 11 is 0. The van der Waals surface area contributed by atoms with Gasteiger partial charge in [-0.2, -0.15) is 0 Å². The second-order valence-electron chi connectivity index (χ2n) is 6.69. The van der Waals surface area contributed by atoms with Gasteiger partial charge in [-0.3, -0.25) is 4.99 Å². The van der Waals surface area contributed by atoms with Crippen molar-refractivity contribution in [1.82, 2.24) is 10.6 Å². The van der Waals surface area contributed by atoms with Crippen LogP contribution >= 0.6 is 0 Å². The van der Waals surface area contributed by atoms with E-state index >= 15 is 0 Å². The van der Waals surface area contributed by atoms with E-state index in [1.165, 1.54) is 5.56 Å². The summed E-state index contributed by atoms with van der Waals surface area (Å²) in [4.78, 5) is 4.67.